The zero-order chi connectivity index (χ0) is 34.9. The van der Waals surface area contributed by atoms with Gasteiger partial charge in [0.2, 0.25) is 0 Å². The molecular weight excluding hydrogens is 665 g/mol. The third-order valence-electron chi connectivity index (χ3n) is 10.3. The second kappa shape index (κ2) is 11.9. The Kier molecular flexibility index (Phi) is 6.69. The number of hydrogen-bond acceptors (Lipinski definition) is 5. The van der Waals surface area contributed by atoms with E-state index in [-0.39, 0.29) is 0 Å². The van der Waals surface area contributed by atoms with Crippen LogP contribution in [0.25, 0.3) is 109 Å². The number of aromatic nitrogens is 4. The topological polar surface area (TPSA) is 51.6 Å². The molecule has 0 N–H and O–H groups in total. The summed E-state index contributed by atoms with van der Waals surface area (Å²) in [6.07, 6.45) is 1.92. The summed E-state index contributed by atoms with van der Waals surface area (Å²) < 4.78 is 2.61. The van der Waals surface area contributed by atoms with Crippen molar-refractivity contribution in [3.63, 3.8) is 0 Å². The molecule has 0 radical (unpaired) electrons. The Morgan fingerprint density at radius 1 is 0.396 bits per heavy atom. The summed E-state index contributed by atoms with van der Waals surface area (Å²) in [5.41, 5.74) is 10.6. The molecule has 0 amide bonds. The van der Waals surface area contributed by atoms with Crippen LogP contribution in [-0.4, -0.2) is 19.9 Å². The number of benzene rings is 6. The summed E-state index contributed by atoms with van der Waals surface area (Å²) in [5, 5.41) is 8.32. The fraction of sp³-hybridized carbons (Fsp3) is 0. The number of thiophene rings is 1. The Morgan fingerprint density at radius 3 is 1.83 bits per heavy atom. The van der Waals surface area contributed by atoms with Gasteiger partial charge in [-0.25, -0.2) is 15.0 Å². The molecule has 0 saturated carbocycles. The van der Waals surface area contributed by atoms with E-state index in [4.69, 9.17) is 19.9 Å². The lowest BCUT2D eigenvalue weighted by molar-refractivity contribution is 1.30. The minimum absolute atomic E-state index is 0.865. The summed E-state index contributed by atoms with van der Waals surface area (Å²) in [6.45, 7) is 0. The maximum atomic E-state index is 5.26. The van der Waals surface area contributed by atoms with Gasteiger partial charge in [0.05, 0.1) is 39.3 Å². The van der Waals surface area contributed by atoms with Crippen molar-refractivity contribution in [1.29, 1.82) is 0 Å². The zero-order valence-corrected chi connectivity index (χ0v) is 29.2. The van der Waals surface area contributed by atoms with Gasteiger partial charge in [-0.2, -0.15) is 0 Å². The lowest BCUT2D eigenvalue weighted by Crippen LogP contribution is -1.92. The van der Waals surface area contributed by atoms with Gasteiger partial charge in [0.1, 0.15) is 0 Å². The predicted octanol–water partition coefficient (Wildman–Crippen LogP) is 12.9. The van der Waals surface area contributed by atoms with Gasteiger partial charge in [-0.05, 0) is 42.5 Å². The molecule has 0 spiro atoms. The van der Waals surface area contributed by atoms with Crippen molar-refractivity contribution in [2.24, 2.45) is 0 Å². The van der Waals surface area contributed by atoms with E-state index in [9.17, 15) is 0 Å². The average Bonchev–Trinajstić information content (AvgIpc) is 3.62. The van der Waals surface area contributed by atoms with Crippen LogP contribution in [0.5, 0.6) is 0 Å². The van der Waals surface area contributed by atoms with Crippen molar-refractivity contribution >= 4 is 75.0 Å². The van der Waals surface area contributed by atoms with Crippen LogP contribution in [0.1, 0.15) is 0 Å². The van der Waals surface area contributed by atoms with Gasteiger partial charge < -0.3 is 0 Å². The average molecular weight is 693 g/mol. The Morgan fingerprint density at radius 2 is 1.04 bits per heavy atom. The summed E-state index contributed by atoms with van der Waals surface area (Å²) in [7, 11) is 0. The lowest BCUT2D eigenvalue weighted by atomic mass is 9.97. The number of hydrogen-bond donors (Lipinski definition) is 0. The highest BCUT2D eigenvalue weighted by Crippen LogP contribution is 2.43. The lowest BCUT2D eigenvalue weighted by Gasteiger charge is -2.12. The van der Waals surface area contributed by atoms with Crippen molar-refractivity contribution < 1.29 is 0 Å². The minimum atomic E-state index is 0.865. The molecule has 11 rings (SSSR count). The molecule has 5 heteroatoms. The molecule has 0 aliphatic rings. The van der Waals surface area contributed by atoms with Gasteiger partial charge in [-0.15, -0.1) is 11.3 Å². The van der Waals surface area contributed by atoms with Crippen molar-refractivity contribution in [1.82, 2.24) is 19.9 Å². The van der Waals surface area contributed by atoms with E-state index in [0.29, 0.717) is 0 Å². The van der Waals surface area contributed by atoms with E-state index in [2.05, 4.69) is 146 Å². The molecule has 11 aromatic rings. The first-order valence-electron chi connectivity index (χ1n) is 17.7. The van der Waals surface area contributed by atoms with Crippen LogP contribution in [0.3, 0.4) is 0 Å². The SMILES string of the molecule is c1ccc(-c2ccc3ccc4ccc(-c5ccc(-c6cccc(-c7nc8ccccc8c8c7ccc7c9ccccc9sc78)c6)nc5)nc4c3n2)cc1. The molecule has 0 bridgehead atoms. The summed E-state index contributed by atoms with van der Waals surface area (Å²) in [5.74, 6) is 0. The Hall–Kier alpha value is -6.82. The van der Waals surface area contributed by atoms with Crippen LogP contribution in [0.15, 0.2) is 170 Å². The van der Waals surface area contributed by atoms with Crippen LogP contribution >= 0.6 is 11.3 Å². The van der Waals surface area contributed by atoms with E-state index in [0.717, 1.165) is 77.7 Å². The van der Waals surface area contributed by atoms with Crippen LogP contribution in [0, 0.1) is 0 Å². The smallest absolute Gasteiger partial charge is 0.0972 e. The van der Waals surface area contributed by atoms with Gasteiger partial charge >= 0.3 is 0 Å². The fourth-order valence-electron chi connectivity index (χ4n) is 7.68. The van der Waals surface area contributed by atoms with Crippen LogP contribution in [-0.2, 0) is 0 Å². The van der Waals surface area contributed by atoms with Gasteiger partial charge in [0, 0.05) is 75.6 Å². The van der Waals surface area contributed by atoms with Gasteiger partial charge in [-0.1, -0.05) is 121 Å². The predicted molar refractivity (Wildman–Crippen MR) is 222 cm³/mol. The van der Waals surface area contributed by atoms with E-state index in [1.165, 1.54) is 30.9 Å². The minimum Gasteiger partial charge on any atom is -0.256 e. The van der Waals surface area contributed by atoms with E-state index >= 15 is 0 Å². The Bertz CT molecular complexity index is 3220. The van der Waals surface area contributed by atoms with Gasteiger partial charge in [0.15, 0.2) is 0 Å². The van der Waals surface area contributed by atoms with E-state index in [1.54, 1.807) is 0 Å². The first-order valence-corrected chi connectivity index (χ1v) is 18.5. The molecule has 246 valence electrons. The largest absolute Gasteiger partial charge is 0.256 e. The van der Waals surface area contributed by atoms with E-state index < -0.39 is 0 Å². The van der Waals surface area contributed by atoms with Crippen LogP contribution in [0.2, 0.25) is 0 Å². The zero-order valence-electron chi connectivity index (χ0n) is 28.4. The molecule has 5 heterocycles. The van der Waals surface area contributed by atoms with E-state index in [1.807, 2.05) is 35.7 Å². The molecular formula is C48H28N4S. The molecule has 0 aliphatic heterocycles. The summed E-state index contributed by atoms with van der Waals surface area (Å²) in [6, 6.07) is 57.4. The number of rotatable bonds is 4. The standard InChI is InChI=1S/C48H28N4S/c1-2-9-29(10-3-1)40-25-19-30-17-18-31-20-26-41(51-47(31)46(30)50-40)34-21-24-39(49-28-34)32-11-8-12-33(27-32)45-38-23-22-36-35-13-5-7-16-43(35)53-48(36)44(38)37-14-4-6-15-42(37)52-45/h1-28H. The first kappa shape index (κ1) is 29.9. The van der Waals surface area contributed by atoms with Crippen LogP contribution in [0.4, 0.5) is 0 Å². The molecule has 6 aromatic carbocycles. The second-order valence-corrected chi connectivity index (χ2v) is 14.5. The maximum absolute atomic E-state index is 5.26. The van der Waals surface area contributed by atoms with Gasteiger partial charge in [0.25, 0.3) is 0 Å². The third kappa shape index (κ3) is 4.90. The highest BCUT2D eigenvalue weighted by atomic mass is 32.1. The third-order valence-corrected chi connectivity index (χ3v) is 11.5. The Balaban J connectivity index is 0.991. The first-order chi connectivity index (χ1) is 26.2. The Labute approximate surface area is 308 Å². The normalized spacial score (nSPS) is 11.8. The monoisotopic (exact) mass is 692 g/mol. The molecule has 0 fully saturated rings. The van der Waals surface area contributed by atoms with Crippen molar-refractivity contribution in [2.45, 2.75) is 0 Å². The molecule has 4 nitrogen and oxygen atoms in total. The molecule has 53 heavy (non-hydrogen) atoms. The number of para-hydroxylation sites is 1. The highest BCUT2D eigenvalue weighted by molar-refractivity contribution is 7.26. The second-order valence-electron chi connectivity index (χ2n) is 13.4. The molecule has 0 aliphatic carbocycles. The quantitative estimate of drug-likeness (QED) is 0.172. The highest BCUT2D eigenvalue weighted by Gasteiger charge is 2.17. The fourth-order valence-corrected chi connectivity index (χ4v) is 8.94. The number of pyridine rings is 4. The summed E-state index contributed by atoms with van der Waals surface area (Å²) in [4.78, 5) is 20.4. The van der Waals surface area contributed by atoms with Crippen molar-refractivity contribution in [3.8, 4) is 45.0 Å². The molecule has 5 aromatic heterocycles. The van der Waals surface area contributed by atoms with Crippen LogP contribution < -0.4 is 0 Å². The molecule has 0 unspecified atom stereocenters. The van der Waals surface area contributed by atoms with Crippen molar-refractivity contribution in [3.05, 3.63) is 170 Å². The maximum Gasteiger partial charge on any atom is 0.0972 e. The van der Waals surface area contributed by atoms with Gasteiger partial charge in [-0.3, -0.25) is 4.98 Å². The molecule has 0 atom stereocenters. The summed E-state index contributed by atoms with van der Waals surface area (Å²) >= 11 is 1.86. The number of nitrogens with zero attached hydrogens (tertiary/aromatic N) is 4. The molecule has 0 saturated heterocycles. The van der Waals surface area contributed by atoms with Crippen molar-refractivity contribution in [2.75, 3.05) is 0 Å². The number of fused-ring (bicyclic) bond motifs is 10.